The summed E-state index contributed by atoms with van der Waals surface area (Å²) < 4.78 is 13.5. The van der Waals surface area contributed by atoms with E-state index in [0.717, 1.165) is 63.1 Å². The van der Waals surface area contributed by atoms with Crippen molar-refractivity contribution < 1.29 is 19.1 Å². The van der Waals surface area contributed by atoms with Crippen LogP contribution in [0.4, 0.5) is 15.8 Å². The molecule has 0 bridgehead atoms. The minimum Gasteiger partial charge on any atom is -0.393 e. The number of amides is 2. The number of hydrogen-bond donors (Lipinski definition) is 3. The number of aliphatic hydroxyl groups excluding tert-OH is 1. The Bertz CT molecular complexity index is 1400. The highest BCUT2D eigenvalue weighted by Crippen LogP contribution is 2.27. The van der Waals surface area contributed by atoms with E-state index in [1.807, 2.05) is 24.3 Å². The Balaban J connectivity index is 1.33. The van der Waals surface area contributed by atoms with Crippen LogP contribution in [0.3, 0.4) is 0 Å². The predicted molar refractivity (Wildman–Crippen MR) is 159 cm³/mol. The van der Waals surface area contributed by atoms with E-state index in [2.05, 4.69) is 25.6 Å². The highest BCUT2D eigenvalue weighted by atomic mass is 19.1. The summed E-state index contributed by atoms with van der Waals surface area (Å²) in [7, 11) is 0. The number of nitrogens with one attached hydrogen (secondary N) is 2. The van der Waals surface area contributed by atoms with Crippen molar-refractivity contribution in [3.63, 3.8) is 0 Å². The monoisotopic (exact) mass is 557 g/mol. The predicted octanol–water partition coefficient (Wildman–Crippen LogP) is 4.79. The number of carbonyl (C=O) groups excluding carboxylic acids is 2. The van der Waals surface area contributed by atoms with Gasteiger partial charge in [0.05, 0.1) is 23.6 Å². The smallest absolute Gasteiger partial charge is 0.273 e. The number of hydrogen-bond acceptors (Lipinski definition) is 6. The Morgan fingerprint density at radius 3 is 2.49 bits per heavy atom. The van der Waals surface area contributed by atoms with Crippen molar-refractivity contribution in [2.45, 2.75) is 44.8 Å². The first-order valence-corrected chi connectivity index (χ1v) is 14.2. The summed E-state index contributed by atoms with van der Waals surface area (Å²) in [5, 5.41) is 16.7. The number of anilines is 2. The Morgan fingerprint density at radius 2 is 1.71 bits per heavy atom. The fourth-order valence-electron chi connectivity index (χ4n) is 5.33. The quantitative estimate of drug-likeness (QED) is 0.273. The lowest BCUT2D eigenvalue weighted by molar-refractivity contribution is 0.0792. The number of nitrogens with zero attached hydrogens (tertiary/aromatic N) is 3. The van der Waals surface area contributed by atoms with Gasteiger partial charge in [0.1, 0.15) is 5.82 Å². The summed E-state index contributed by atoms with van der Waals surface area (Å²) in [6, 6.07) is 18.9. The van der Waals surface area contributed by atoms with Gasteiger partial charge in [0.25, 0.3) is 11.8 Å². The number of carbonyl (C=O) groups is 2. The van der Waals surface area contributed by atoms with Gasteiger partial charge in [-0.05, 0) is 85.7 Å². The van der Waals surface area contributed by atoms with Crippen LogP contribution in [0.15, 0.2) is 71.8 Å². The molecule has 2 saturated heterocycles. The van der Waals surface area contributed by atoms with Crippen LogP contribution in [0.5, 0.6) is 0 Å². The Labute approximate surface area is 239 Å². The topological polar surface area (TPSA) is 97.3 Å². The maximum absolute atomic E-state index is 13.5. The molecule has 0 saturated carbocycles. The lowest BCUT2D eigenvalue weighted by Gasteiger charge is -2.29. The second-order valence-corrected chi connectivity index (χ2v) is 10.7. The molecular weight excluding hydrogens is 521 g/mol. The molecule has 0 aliphatic carbocycles. The van der Waals surface area contributed by atoms with Crippen LogP contribution >= 0.6 is 0 Å². The van der Waals surface area contributed by atoms with Gasteiger partial charge >= 0.3 is 0 Å². The zero-order chi connectivity index (χ0) is 28.6. The Hall–Kier alpha value is -4.08. The molecule has 3 N–H and O–H groups in total. The van der Waals surface area contributed by atoms with Gasteiger partial charge < -0.3 is 15.3 Å². The van der Waals surface area contributed by atoms with Gasteiger partial charge in [-0.15, -0.1) is 0 Å². The summed E-state index contributed by atoms with van der Waals surface area (Å²) in [5.74, 6) is -1.19. The standard InChI is InChI=1S/C32H36FN5O3/c33-26-9-5-6-23(19-26)21-34-36-32(41)29-20-27(38-14-2-1-3-15-38)10-11-30(29)35-31(40)25-8-4-7-24(18-25)22-37-16-12-28(39)13-17-37/h4-11,18-21,28,39H,1-3,12-17,22H2,(H,35,40)(H,36,41). The van der Waals surface area contributed by atoms with Crippen molar-refractivity contribution >= 4 is 29.4 Å². The minimum absolute atomic E-state index is 0.233. The van der Waals surface area contributed by atoms with Crippen LogP contribution in [0, 0.1) is 5.82 Å². The zero-order valence-electron chi connectivity index (χ0n) is 23.1. The van der Waals surface area contributed by atoms with E-state index in [1.165, 1.54) is 24.8 Å². The molecule has 0 aromatic heterocycles. The average Bonchev–Trinajstić information content (AvgIpc) is 2.99. The summed E-state index contributed by atoms with van der Waals surface area (Å²) in [4.78, 5) is 31.1. The van der Waals surface area contributed by atoms with Gasteiger partial charge in [0.2, 0.25) is 0 Å². The van der Waals surface area contributed by atoms with Gasteiger partial charge in [-0.1, -0.05) is 24.3 Å². The van der Waals surface area contributed by atoms with Crippen LogP contribution in [-0.2, 0) is 6.54 Å². The molecule has 3 aromatic rings. The van der Waals surface area contributed by atoms with E-state index in [9.17, 15) is 19.1 Å². The van der Waals surface area contributed by atoms with Crippen LogP contribution in [0.2, 0.25) is 0 Å². The molecule has 2 aliphatic heterocycles. The van der Waals surface area contributed by atoms with Crippen LogP contribution in [-0.4, -0.2) is 60.3 Å². The van der Waals surface area contributed by atoms with E-state index < -0.39 is 11.7 Å². The van der Waals surface area contributed by atoms with Crippen LogP contribution in [0.1, 0.15) is 63.9 Å². The molecule has 8 nitrogen and oxygen atoms in total. The van der Waals surface area contributed by atoms with Crippen molar-refractivity contribution in [2.24, 2.45) is 5.10 Å². The van der Waals surface area contributed by atoms with Crippen molar-refractivity contribution in [1.82, 2.24) is 10.3 Å². The molecule has 2 aliphatic rings. The third-order valence-corrected chi connectivity index (χ3v) is 7.60. The van der Waals surface area contributed by atoms with Crippen molar-refractivity contribution in [3.05, 3.63) is 94.8 Å². The van der Waals surface area contributed by atoms with Gasteiger partial charge in [-0.3, -0.25) is 14.5 Å². The normalized spacial score (nSPS) is 16.6. The summed E-state index contributed by atoms with van der Waals surface area (Å²) >= 11 is 0. The molecule has 2 heterocycles. The van der Waals surface area contributed by atoms with Crippen molar-refractivity contribution in [2.75, 3.05) is 36.4 Å². The molecule has 9 heteroatoms. The molecule has 0 unspecified atom stereocenters. The van der Waals surface area contributed by atoms with Crippen LogP contribution < -0.4 is 15.6 Å². The van der Waals surface area contributed by atoms with Crippen LogP contribution in [0.25, 0.3) is 0 Å². The maximum Gasteiger partial charge on any atom is 0.273 e. The SMILES string of the molecule is O=C(Nc1ccc(N2CCCCC2)cc1C(=O)NN=Cc1cccc(F)c1)c1cccc(CN2CCC(O)CC2)c1. The zero-order valence-corrected chi connectivity index (χ0v) is 23.1. The molecule has 0 radical (unpaired) electrons. The molecule has 3 aromatic carbocycles. The lowest BCUT2D eigenvalue weighted by Crippen LogP contribution is -2.35. The highest BCUT2D eigenvalue weighted by molar-refractivity contribution is 6.09. The second kappa shape index (κ2) is 13.5. The van der Waals surface area contributed by atoms with E-state index in [4.69, 9.17) is 0 Å². The molecule has 0 atom stereocenters. The number of piperidine rings is 2. The molecule has 5 rings (SSSR count). The fraction of sp³-hybridized carbons (Fsp3) is 0.344. The van der Waals surface area contributed by atoms with Crippen molar-refractivity contribution in [3.8, 4) is 0 Å². The molecular formula is C32H36FN5O3. The Morgan fingerprint density at radius 1 is 0.927 bits per heavy atom. The van der Waals surface area contributed by atoms with Gasteiger partial charge in [0.15, 0.2) is 0 Å². The van der Waals surface area contributed by atoms with Gasteiger partial charge in [-0.2, -0.15) is 5.10 Å². The first kappa shape index (κ1) is 28.4. The van der Waals surface area contributed by atoms with E-state index in [0.29, 0.717) is 28.9 Å². The summed E-state index contributed by atoms with van der Waals surface area (Å²) in [5.41, 5.74) is 6.13. The first-order valence-electron chi connectivity index (χ1n) is 14.2. The third-order valence-electron chi connectivity index (χ3n) is 7.60. The minimum atomic E-state index is -0.479. The van der Waals surface area contributed by atoms with E-state index in [1.54, 1.807) is 30.3 Å². The number of rotatable bonds is 8. The molecule has 214 valence electrons. The van der Waals surface area contributed by atoms with E-state index in [-0.39, 0.29) is 12.0 Å². The largest absolute Gasteiger partial charge is 0.393 e. The van der Waals surface area contributed by atoms with Crippen molar-refractivity contribution in [1.29, 1.82) is 0 Å². The summed E-state index contributed by atoms with van der Waals surface area (Å²) in [6.07, 6.45) is 6.02. The average molecular weight is 558 g/mol. The highest BCUT2D eigenvalue weighted by Gasteiger charge is 2.20. The number of hydrazone groups is 1. The fourth-order valence-corrected chi connectivity index (χ4v) is 5.33. The number of halogens is 1. The second-order valence-electron chi connectivity index (χ2n) is 10.7. The third kappa shape index (κ3) is 7.77. The maximum atomic E-state index is 13.5. The number of benzene rings is 3. The molecule has 0 spiro atoms. The Kier molecular flexibility index (Phi) is 9.38. The van der Waals surface area contributed by atoms with E-state index >= 15 is 0 Å². The van der Waals surface area contributed by atoms with Gasteiger partial charge in [-0.25, -0.2) is 9.82 Å². The first-order chi connectivity index (χ1) is 19.9. The number of aliphatic hydroxyl groups is 1. The lowest BCUT2D eigenvalue weighted by atomic mass is 10.0. The molecule has 41 heavy (non-hydrogen) atoms. The molecule has 2 amide bonds. The number of likely N-dealkylation sites (tertiary alicyclic amines) is 1. The summed E-state index contributed by atoms with van der Waals surface area (Å²) in [6.45, 7) is 4.16. The molecule has 2 fully saturated rings. The van der Waals surface area contributed by atoms with Gasteiger partial charge in [0, 0.05) is 44.0 Å².